The molecule has 0 aliphatic heterocycles. The molecule has 1 N–H and O–H groups in total. The van der Waals surface area contributed by atoms with Crippen LogP contribution in [-0.4, -0.2) is 30.5 Å². The van der Waals surface area contributed by atoms with E-state index < -0.39 is 15.8 Å². The summed E-state index contributed by atoms with van der Waals surface area (Å²) in [5.74, 6) is -0.782. The van der Waals surface area contributed by atoms with Gasteiger partial charge in [-0.05, 0) is 55.9 Å². The van der Waals surface area contributed by atoms with Crippen LogP contribution < -0.4 is 0 Å². The van der Waals surface area contributed by atoms with Gasteiger partial charge in [0.2, 0.25) is 0 Å². The summed E-state index contributed by atoms with van der Waals surface area (Å²) in [7, 11) is -3.07. The topological polar surface area (TPSA) is 71.4 Å². The number of fused-ring (bicyclic) bond motifs is 1. The zero-order valence-electron chi connectivity index (χ0n) is 11.1. The zero-order valence-corrected chi connectivity index (χ0v) is 11.9. The maximum Gasteiger partial charge on any atom is 0.335 e. The largest absolute Gasteiger partial charge is 0.478 e. The van der Waals surface area contributed by atoms with Gasteiger partial charge in [0.1, 0.15) is 0 Å². The third-order valence-electron chi connectivity index (χ3n) is 3.74. The Kier molecular flexibility index (Phi) is 3.67. The van der Waals surface area contributed by atoms with Gasteiger partial charge in [-0.2, -0.15) is 0 Å². The third kappa shape index (κ3) is 2.81. The van der Waals surface area contributed by atoms with Gasteiger partial charge in [0, 0.05) is 0 Å². The first-order valence-corrected chi connectivity index (χ1v) is 8.10. The molecule has 1 aliphatic carbocycles. The molecule has 5 heteroatoms. The van der Waals surface area contributed by atoms with Crippen LogP contribution in [0.1, 0.15) is 47.7 Å². The molecule has 0 amide bonds. The molecule has 0 aromatic heterocycles. The number of hydrogen-bond acceptors (Lipinski definition) is 3. The molecule has 0 radical (unpaired) electrons. The van der Waals surface area contributed by atoms with Gasteiger partial charge in [-0.3, -0.25) is 0 Å². The fourth-order valence-corrected chi connectivity index (χ4v) is 3.78. The first kappa shape index (κ1) is 14.1. The molecule has 1 unspecified atom stereocenters. The summed E-state index contributed by atoms with van der Waals surface area (Å²) in [5.41, 5.74) is 2.24. The minimum Gasteiger partial charge on any atom is -0.478 e. The van der Waals surface area contributed by atoms with E-state index in [0.717, 1.165) is 24.0 Å². The van der Waals surface area contributed by atoms with Crippen molar-refractivity contribution in [1.29, 1.82) is 0 Å². The maximum atomic E-state index is 12.0. The Balaban J connectivity index is 2.26. The predicted octanol–water partition coefficient (Wildman–Crippen LogP) is 2.24. The average molecular weight is 282 g/mol. The highest BCUT2D eigenvalue weighted by molar-refractivity contribution is 7.92. The lowest BCUT2D eigenvalue weighted by atomic mass is 10.0. The van der Waals surface area contributed by atoms with Gasteiger partial charge in [0.15, 0.2) is 9.84 Å². The summed E-state index contributed by atoms with van der Waals surface area (Å²) in [4.78, 5) is 10.9. The number of benzene rings is 1. The molecule has 0 bridgehead atoms. The standard InChI is InChI=1S/C14H18O4S/c1-9(2)19(17,18)8-12-4-3-10-7-11(14(15)16)5-6-13(10)12/h5-7,9,12H,3-4,8H2,1-2H3,(H,15,16). The van der Waals surface area contributed by atoms with E-state index in [9.17, 15) is 13.2 Å². The van der Waals surface area contributed by atoms with Gasteiger partial charge in [-0.15, -0.1) is 0 Å². The molecule has 0 fully saturated rings. The summed E-state index contributed by atoms with van der Waals surface area (Å²) in [5, 5.41) is 8.58. The molecule has 104 valence electrons. The number of aromatic carboxylic acids is 1. The SMILES string of the molecule is CC(C)S(=O)(=O)CC1CCc2cc(C(=O)O)ccc21. The van der Waals surface area contributed by atoms with Gasteiger partial charge < -0.3 is 5.11 Å². The van der Waals surface area contributed by atoms with Crippen molar-refractivity contribution in [3.63, 3.8) is 0 Å². The van der Waals surface area contributed by atoms with Crippen LogP contribution in [0, 0.1) is 0 Å². The number of rotatable bonds is 4. The monoisotopic (exact) mass is 282 g/mol. The minimum absolute atomic E-state index is 0.00486. The van der Waals surface area contributed by atoms with Crippen molar-refractivity contribution in [3.8, 4) is 0 Å². The van der Waals surface area contributed by atoms with E-state index in [4.69, 9.17) is 5.11 Å². The van der Waals surface area contributed by atoms with Crippen LogP contribution in [0.25, 0.3) is 0 Å². The van der Waals surface area contributed by atoms with E-state index in [2.05, 4.69) is 0 Å². The second kappa shape index (κ2) is 4.96. The van der Waals surface area contributed by atoms with Gasteiger partial charge in [0.25, 0.3) is 0 Å². The third-order valence-corrected chi connectivity index (χ3v) is 6.05. The van der Waals surface area contributed by atoms with Crippen LogP contribution in [-0.2, 0) is 16.3 Å². The molecule has 2 rings (SSSR count). The minimum atomic E-state index is -3.07. The molecule has 0 saturated carbocycles. The second-order valence-corrected chi connectivity index (χ2v) is 7.93. The highest BCUT2D eigenvalue weighted by Crippen LogP contribution is 2.35. The van der Waals surface area contributed by atoms with E-state index in [0.29, 0.717) is 0 Å². The fourth-order valence-electron chi connectivity index (χ4n) is 2.48. The second-order valence-electron chi connectivity index (χ2n) is 5.33. The highest BCUT2D eigenvalue weighted by Gasteiger charge is 2.29. The molecule has 1 aliphatic rings. The van der Waals surface area contributed by atoms with E-state index in [1.54, 1.807) is 32.0 Å². The number of sulfone groups is 1. The predicted molar refractivity (Wildman–Crippen MR) is 73.4 cm³/mol. The van der Waals surface area contributed by atoms with Crippen molar-refractivity contribution in [2.24, 2.45) is 0 Å². The lowest BCUT2D eigenvalue weighted by Gasteiger charge is -2.14. The summed E-state index contributed by atoms with van der Waals surface area (Å²) in [6.07, 6.45) is 1.54. The molecular weight excluding hydrogens is 264 g/mol. The summed E-state index contributed by atoms with van der Waals surface area (Å²) >= 11 is 0. The number of carbonyl (C=O) groups is 1. The van der Waals surface area contributed by atoms with Crippen LogP contribution >= 0.6 is 0 Å². The summed E-state index contributed by atoms with van der Waals surface area (Å²) in [6, 6.07) is 4.99. The van der Waals surface area contributed by atoms with Crippen molar-refractivity contribution < 1.29 is 18.3 Å². The molecule has 1 aromatic carbocycles. The molecule has 4 nitrogen and oxygen atoms in total. The maximum absolute atomic E-state index is 12.0. The number of carboxylic acids is 1. The molecule has 0 heterocycles. The van der Waals surface area contributed by atoms with Gasteiger partial charge in [0.05, 0.1) is 16.6 Å². The van der Waals surface area contributed by atoms with E-state index in [1.807, 2.05) is 0 Å². The van der Waals surface area contributed by atoms with Crippen LogP contribution in [0.3, 0.4) is 0 Å². The van der Waals surface area contributed by atoms with Crippen molar-refractivity contribution in [2.45, 2.75) is 37.9 Å². The smallest absolute Gasteiger partial charge is 0.335 e. The van der Waals surface area contributed by atoms with E-state index in [1.165, 1.54) is 0 Å². The Hall–Kier alpha value is -1.36. The van der Waals surface area contributed by atoms with E-state index in [-0.39, 0.29) is 22.5 Å². The lowest BCUT2D eigenvalue weighted by Crippen LogP contribution is -2.21. The van der Waals surface area contributed by atoms with Crippen LogP contribution in [0.15, 0.2) is 18.2 Å². The first-order valence-electron chi connectivity index (χ1n) is 6.39. The summed E-state index contributed by atoms with van der Waals surface area (Å²) < 4.78 is 24.0. The van der Waals surface area contributed by atoms with Crippen LogP contribution in [0.5, 0.6) is 0 Å². The Bertz CT molecular complexity index is 602. The Morgan fingerprint density at radius 3 is 2.68 bits per heavy atom. The first-order chi connectivity index (χ1) is 8.81. The number of hydrogen-bond donors (Lipinski definition) is 1. The van der Waals surface area contributed by atoms with Crippen LogP contribution in [0.4, 0.5) is 0 Å². The van der Waals surface area contributed by atoms with Crippen molar-refractivity contribution in [2.75, 3.05) is 5.75 Å². The normalized spacial score (nSPS) is 18.6. The van der Waals surface area contributed by atoms with Gasteiger partial charge >= 0.3 is 5.97 Å². The molecule has 19 heavy (non-hydrogen) atoms. The fraction of sp³-hybridized carbons (Fsp3) is 0.500. The highest BCUT2D eigenvalue weighted by atomic mass is 32.2. The number of aryl methyl sites for hydroxylation is 1. The average Bonchev–Trinajstić information content (AvgIpc) is 2.71. The molecule has 0 spiro atoms. The quantitative estimate of drug-likeness (QED) is 0.919. The molecule has 0 saturated heterocycles. The van der Waals surface area contributed by atoms with Crippen LogP contribution in [0.2, 0.25) is 0 Å². The van der Waals surface area contributed by atoms with E-state index >= 15 is 0 Å². The Morgan fingerprint density at radius 1 is 1.42 bits per heavy atom. The number of carboxylic acid groups (broad SMARTS) is 1. The molecule has 1 aromatic rings. The van der Waals surface area contributed by atoms with Crippen molar-refractivity contribution in [3.05, 3.63) is 34.9 Å². The molecule has 1 atom stereocenters. The summed E-state index contributed by atoms with van der Waals surface area (Å²) in [6.45, 7) is 3.39. The lowest BCUT2D eigenvalue weighted by molar-refractivity contribution is 0.0696. The Morgan fingerprint density at radius 2 is 2.11 bits per heavy atom. The van der Waals surface area contributed by atoms with Gasteiger partial charge in [-0.1, -0.05) is 6.07 Å². The van der Waals surface area contributed by atoms with Crippen molar-refractivity contribution in [1.82, 2.24) is 0 Å². The Labute approximate surface area is 113 Å². The van der Waals surface area contributed by atoms with Gasteiger partial charge in [-0.25, -0.2) is 13.2 Å². The zero-order chi connectivity index (χ0) is 14.2. The van der Waals surface area contributed by atoms with Crippen molar-refractivity contribution >= 4 is 15.8 Å². The molecular formula is C14H18O4S.